The molecular weight excluding hydrogens is 316 g/mol. The summed E-state index contributed by atoms with van der Waals surface area (Å²) in [6, 6.07) is 7.92. The van der Waals surface area contributed by atoms with Gasteiger partial charge in [0.15, 0.2) is 0 Å². The molecule has 2 aromatic rings. The van der Waals surface area contributed by atoms with Gasteiger partial charge in [-0.3, -0.25) is 4.79 Å². The van der Waals surface area contributed by atoms with Crippen LogP contribution in [-0.2, 0) is 5.75 Å². The first-order valence-electron chi connectivity index (χ1n) is 5.16. The summed E-state index contributed by atoms with van der Waals surface area (Å²) in [5, 5.41) is 8.10. The fourth-order valence-electron chi connectivity index (χ4n) is 1.30. The summed E-state index contributed by atoms with van der Waals surface area (Å²) in [5.41, 5.74) is 1.10. The van der Waals surface area contributed by atoms with Crippen molar-refractivity contribution in [3.05, 3.63) is 50.3 Å². The van der Waals surface area contributed by atoms with Crippen LogP contribution in [0.4, 0.5) is 0 Å². The zero-order valence-electron chi connectivity index (χ0n) is 9.63. The normalized spacial score (nSPS) is 10.6. The first-order chi connectivity index (χ1) is 8.58. The molecule has 0 radical (unpaired) electrons. The van der Waals surface area contributed by atoms with Gasteiger partial charge in [0.1, 0.15) is 5.69 Å². The second-order valence-electron chi connectivity index (χ2n) is 3.66. The zero-order chi connectivity index (χ0) is 13.1. The van der Waals surface area contributed by atoms with Gasteiger partial charge >= 0.3 is 0 Å². The molecule has 5 nitrogen and oxygen atoms in total. The number of hydrogen-bond donors (Lipinski definition) is 1. The van der Waals surface area contributed by atoms with Gasteiger partial charge in [-0.15, -0.1) is 10.2 Å². The van der Waals surface area contributed by atoms with Gasteiger partial charge in [0, 0.05) is 10.2 Å². The largest absolute Gasteiger partial charge is 0.334 e. The fourth-order valence-corrected chi connectivity index (χ4v) is 2.37. The number of nitrogen functional groups attached to an aromatic ring is 1. The fraction of sp³-hybridized carbons (Fsp3) is 0.182. The number of benzene rings is 1. The lowest BCUT2D eigenvalue weighted by Gasteiger charge is -2.05. The molecule has 18 heavy (non-hydrogen) atoms. The highest BCUT2D eigenvalue weighted by Crippen LogP contribution is 2.20. The molecule has 0 saturated heterocycles. The number of aryl methyl sites for hydroxylation is 1. The highest BCUT2D eigenvalue weighted by atomic mass is 79.9. The number of nitrogens with zero attached hydrogens (tertiary/aromatic N) is 3. The minimum atomic E-state index is -0.316. The molecule has 2 N–H and O–H groups in total. The Morgan fingerprint density at radius 1 is 1.33 bits per heavy atom. The summed E-state index contributed by atoms with van der Waals surface area (Å²) in [5.74, 6) is 6.33. The van der Waals surface area contributed by atoms with Crippen LogP contribution in [0.2, 0.25) is 0 Å². The number of hydrogen-bond acceptors (Lipinski definition) is 5. The van der Waals surface area contributed by atoms with E-state index in [1.807, 2.05) is 24.3 Å². The van der Waals surface area contributed by atoms with E-state index in [1.165, 1.54) is 11.8 Å². The molecule has 0 atom stereocenters. The number of rotatable bonds is 3. The maximum Gasteiger partial charge on any atom is 0.294 e. The smallest absolute Gasteiger partial charge is 0.294 e. The molecule has 0 spiro atoms. The minimum absolute atomic E-state index is 0.297. The van der Waals surface area contributed by atoms with Gasteiger partial charge in [0.2, 0.25) is 5.16 Å². The molecule has 0 saturated carbocycles. The molecule has 0 fully saturated rings. The molecule has 0 aliphatic heterocycles. The summed E-state index contributed by atoms with van der Waals surface area (Å²) >= 11 is 4.75. The van der Waals surface area contributed by atoms with Gasteiger partial charge in [0.25, 0.3) is 5.56 Å². The topological polar surface area (TPSA) is 73.8 Å². The monoisotopic (exact) mass is 326 g/mol. The number of thioether (sulfide) groups is 1. The molecule has 2 rings (SSSR count). The van der Waals surface area contributed by atoms with Crippen LogP contribution < -0.4 is 11.4 Å². The van der Waals surface area contributed by atoms with Crippen LogP contribution in [0.1, 0.15) is 11.3 Å². The summed E-state index contributed by atoms with van der Waals surface area (Å²) in [7, 11) is 0. The van der Waals surface area contributed by atoms with Crippen molar-refractivity contribution < 1.29 is 0 Å². The SMILES string of the molecule is Cc1nnc(SCc2ccc(Br)cc2)n(N)c1=O. The molecular formula is C11H11BrN4OS. The van der Waals surface area contributed by atoms with Crippen molar-refractivity contribution in [1.82, 2.24) is 14.9 Å². The molecule has 7 heteroatoms. The van der Waals surface area contributed by atoms with Crippen LogP contribution in [-0.4, -0.2) is 14.9 Å². The maximum absolute atomic E-state index is 11.6. The number of halogens is 1. The second kappa shape index (κ2) is 5.53. The zero-order valence-corrected chi connectivity index (χ0v) is 12.0. The average Bonchev–Trinajstić information content (AvgIpc) is 2.37. The Balaban J connectivity index is 2.13. The number of aromatic nitrogens is 3. The van der Waals surface area contributed by atoms with Crippen LogP contribution in [0.5, 0.6) is 0 Å². The van der Waals surface area contributed by atoms with Crippen molar-refractivity contribution in [1.29, 1.82) is 0 Å². The van der Waals surface area contributed by atoms with Crippen LogP contribution in [0.25, 0.3) is 0 Å². The van der Waals surface area contributed by atoms with Gasteiger partial charge in [0.05, 0.1) is 0 Å². The summed E-state index contributed by atoms with van der Waals surface area (Å²) < 4.78 is 2.06. The van der Waals surface area contributed by atoms with E-state index in [1.54, 1.807) is 6.92 Å². The van der Waals surface area contributed by atoms with Crippen molar-refractivity contribution in [2.45, 2.75) is 17.8 Å². The molecule has 0 bridgehead atoms. The van der Waals surface area contributed by atoms with E-state index in [4.69, 9.17) is 5.84 Å². The van der Waals surface area contributed by atoms with Crippen LogP contribution in [0.15, 0.2) is 38.7 Å². The first kappa shape index (κ1) is 13.1. The Hall–Kier alpha value is -1.34. The Bertz CT molecular complexity index is 611. The van der Waals surface area contributed by atoms with Gasteiger partial charge in [-0.25, -0.2) is 0 Å². The highest BCUT2D eigenvalue weighted by molar-refractivity contribution is 9.10. The number of nitrogens with two attached hydrogens (primary N) is 1. The van der Waals surface area contributed by atoms with Gasteiger partial charge in [-0.2, -0.15) is 4.68 Å². The average molecular weight is 327 g/mol. The third-order valence-electron chi connectivity index (χ3n) is 2.30. The Morgan fingerprint density at radius 2 is 2.00 bits per heavy atom. The maximum atomic E-state index is 11.6. The highest BCUT2D eigenvalue weighted by Gasteiger charge is 2.07. The van der Waals surface area contributed by atoms with E-state index in [0.717, 1.165) is 14.7 Å². The van der Waals surface area contributed by atoms with Crippen molar-refractivity contribution in [2.75, 3.05) is 5.84 Å². The lowest BCUT2D eigenvalue weighted by atomic mass is 10.2. The molecule has 1 aromatic carbocycles. The van der Waals surface area contributed by atoms with Gasteiger partial charge in [-0.1, -0.05) is 39.8 Å². The minimum Gasteiger partial charge on any atom is -0.334 e. The molecule has 94 valence electrons. The standard InChI is InChI=1S/C11H11BrN4OS/c1-7-10(17)16(13)11(15-14-7)18-6-8-2-4-9(12)5-3-8/h2-5H,6,13H2,1H3. The quantitative estimate of drug-likeness (QED) is 0.686. The molecule has 1 heterocycles. The second-order valence-corrected chi connectivity index (χ2v) is 5.52. The summed E-state index contributed by atoms with van der Waals surface area (Å²) in [6.45, 7) is 1.59. The molecule has 1 aromatic heterocycles. The Kier molecular flexibility index (Phi) is 4.03. The Morgan fingerprint density at radius 3 is 2.67 bits per heavy atom. The van der Waals surface area contributed by atoms with Crippen LogP contribution in [0.3, 0.4) is 0 Å². The molecule has 0 amide bonds. The van der Waals surface area contributed by atoms with Crippen molar-refractivity contribution >= 4 is 27.7 Å². The van der Waals surface area contributed by atoms with E-state index >= 15 is 0 Å². The van der Waals surface area contributed by atoms with Crippen LogP contribution >= 0.6 is 27.7 Å². The third-order valence-corrected chi connectivity index (χ3v) is 3.84. The predicted molar refractivity (Wildman–Crippen MR) is 74.9 cm³/mol. The van der Waals surface area contributed by atoms with Crippen molar-refractivity contribution in [3.63, 3.8) is 0 Å². The lowest BCUT2D eigenvalue weighted by Crippen LogP contribution is -2.32. The molecule has 0 aliphatic rings. The third kappa shape index (κ3) is 2.91. The molecule has 0 aliphatic carbocycles. The van der Waals surface area contributed by atoms with Gasteiger partial charge in [-0.05, 0) is 24.6 Å². The van der Waals surface area contributed by atoms with Crippen molar-refractivity contribution in [2.24, 2.45) is 0 Å². The lowest BCUT2D eigenvalue weighted by molar-refractivity contribution is 0.681. The van der Waals surface area contributed by atoms with E-state index in [0.29, 0.717) is 16.6 Å². The Labute approximate surface area is 117 Å². The van der Waals surface area contributed by atoms with E-state index in [-0.39, 0.29) is 5.56 Å². The summed E-state index contributed by atoms with van der Waals surface area (Å²) in [6.07, 6.45) is 0. The van der Waals surface area contributed by atoms with E-state index in [2.05, 4.69) is 26.1 Å². The molecule has 0 unspecified atom stereocenters. The predicted octanol–water partition coefficient (Wildman–Crippen LogP) is 1.72. The van der Waals surface area contributed by atoms with Gasteiger partial charge < -0.3 is 5.84 Å². The van der Waals surface area contributed by atoms with Crippen molar-refractivity contribution in [3.8, 4) is 0 Å². The first-order valence-corrected chi connectivity index (χ1v) is 6.94. The van der Waals surface area contributed by atoms with E-state index in [9.17, 15) is 4.79 Å². The summed E-state index contributed by atoms with van der Waals surface area (Å²) in [4.78, 5) is 11.6. The van der Waals surface area contributed by atoms with Crippen LogP contribution in [0, 0.1) is 6.92 Å². The van der Waals surface area contributed by atoms with E-state index < -0.39 is 0 Å².